The van der Waals surface area contributed by atoms with Gasteiger partial charge in [-0.2, -0.15) is 0 Å². The summed E-state index contributed by atoms with van der Waals surface area (Å²) in [6, 6.07) is 4.31. The maximum atomic E-state index is 11.1. The van der Waals surface area contributed by atoms with Crippen LogP contribution in [-0.4, -0.2) is 17.6 Å². The number of ether oxygens (including phenoxy) is 1. The number of carbonyl (C=O) groups excluding carboxylic acids is 1. The molecule has 1 fully saturated rings. The number of carbonyl (C=O) groups is 1. The average molecular weight is 207 g/mol. The molecule has 1 amide bonds. The number of benzene rings is 1. The first-order valence-corrected chi connectivity index (χ1v) is 4.92. The van der Waals surface area contributed by atoms with Crippen LogP contribution in [0.3, 0.4) is 0 Å². The van der Waals surface area contributed by atoms with Gasteiger partial charge < -0.3 is 15.6 Å². The molecule has 0 unspecified atom stereocenters. The second-order valence-electron chi connectivity index (χ2n) is 3.80. The van der Waals surface area contributed by atoms with E-state index in [0.717, 1.165) is 0 Å². The minimum Gasteiger partial charge on any atom is -0.508 e. The van der Waals surface area contributed by atoms with Crippen molar-refractivity contribution in [2.24, 2.45) is 11.7 Å². The van der Waals surface area contributed by atoms with Crippen molar-refractivity contribution in [3.05, 3.63) is 23.8 Å². The summed E-state index contributed by atoms with van der Waals surface area (Å²) in [5.74, 6) is 0.495. The fourth-order valence-electron chi connectivity index (χ4n) is 1.33. The van der Waals surface area contributed by atoms with E-state index in [4.69, 9.17) is 10.5 Å². The summed E-state index contributed by atoms with van der Waals surface area (Å²) >= 11 is 0. The minimum atomic E-state index is -0.541. The van der Waals surface area contributed by atoms with Crippen LogP contribution in [0.25, 0.3) is 0 Å². The SMILES string of the molecule is NC(=O)c1ccc(O)cc1OCC1CC1. The first-order valence-electron chi connectivity index (χ1n) is 4.92. The number of primary amides is 1. The molecule has 1 aromatic rings. The van der Waals surface area contributed by atoms with E-state index in [9.17, 15) is 9.90 Å². The number of hydrogen-bond donors (Lipinski definition) is 2. The molecule has 1 aliphatic rings. The molecule has 0 saturated heterocycles. The van der Waals surface area contributed by atoms with E-state index in [2.05, 4.69) is 0 Å². The number of phenolic OH excluding ortho intramolecular Hbond substituents is 1. The lowest BCUT2D eigenvalue weighted by Crippen LogP contribution is -2.13. The molecule has 4 nitrogen and oxygen atoms in total. The van der Waals surface area contributed by atoms with Crippen LogP contribution in [0, 0.1) is 5.92 Å². The average Bonchev–Trinajstić information content (AvgIpc) is 2.97. The van der Waals surface area contributed by atoms with Crippen LogP contribution in [-0.2, 0) is 0 Å². The summed E-state index contributed by atoms with van der Waals surface area (Å²) in [5.41, 5.74) is 5.50. The van der Waals surface area contributed by atoms with Crippen molar-refractivity contribution < 1.29 is 14.6 Å². The van der Waals surface area contributed by atoms with Gasteiger partial charge in [0.2, 0.25) is 0 Å². The Morgan fingerprint density at radius 3 is 2.87 bits per heavy atom. The lowest BCUT2D eigenvalue weighted by molar-refractivity contribution is 0.0996. The highest BCUT2D eigenvalue weighted by Gasteiger charge is 2.22. The summed E-state index contributed by atoms with van der Waals surface area (Å²) in [6.07, 6.45) is 2.34. The quantitative estimate of drug-likeness (QED) is 0.781. The lowest BCUT2D eigenvalue weighted by atomic mass is 10.2. The third-order valence-electron chi connectivity index (χ3n) is 2.40. The topological polar surface area (TPSA) is 72.6 Å². The van der Waals surface area contributed by atoms with E-state index in [-0.39, 0.29) is 5.75 Å². The molecule has 80 valence electrons. The number of hydrogen-bond acceptors (Lipinski definition) is 3. The Labute approximate surface area is 87.7 Å². The van der Waals surface area contributed by atoms with Gasteiger partial charge in [0.25, 0.3) is 5.91 Å². The normalized spacial score (nSPS) is 14.9. The Morgan fingerprint density at radius 2 is 2.27 bits per heavy atom. The van der Waals surface area contributed by atoms with Crippen molar-refractivity contribution in [2.45, 2.75) is 12.8 Å². The van der Waals surface area contributed by atoms with Crippen LogP contribution in [0.4, 0.5) is 0 Å². The number of amides is 1. The zero-order valence-electron chi connectivity index (χ0n) is 8.27. The molecule has 0 heterocycles. The predicted molar refractivity (Wildman–Crippen MR) is 54.8 cm³/mol. The molecule has 3 N–H and O–H groups in total. The van der Waals surface area contributed by atoms with Gasteiger partial charge in [-0.25, -0.2) is 0 Å². The van der Waals surface area contributed by atoms with Crippen molar-refractivity contribution in [3.8, 4) is 11.5 Å². The molecule has 0 aliphatic heterocycles. The molecule has 0 bridgehead atoms. The van der Waals surface area contributed by atoms with Gasteiger partial charge >= 0.3 is 0 Å². The summed E-state index contributed by atoms with van der Waals surface area (Å²) in [7, 11) is 0. The fraction of sp³-hybridized carbons (Fsp3) is 0.364. The second kappa shape index (κ2) is 3.81. The van der Waals surface area contributed by atoms with E-state index in [0.29, 0.717) is 23.8 Å². The molecule has 0 aromatic heterocycles. The number of rotatable bonds is 4. The Morgan fingerprint density at radius 1 is 1.53 bits per heavy atom. The van der Waals surface area contributed by atoms with Crippen LogP contribution in [0.2, 0.25) is 0 Å². The lowest BCUT2D eigenvalue weighted by Gasteiger charge is -2.09. The minimum absolute atomic E-state index is 0.0748. The molecular formula is C11H13NO3. The molecule has 0 spiro atoms. The Kier molecular flexibility index (Phi) is 2.49. The monoisotopic (exact) mass is 207 g/mol. The van der Waals surface area contributed by atoms with Gasteiger partial charge in [0.05, 0.1) is 12.2 Å². The zero-order valence-corrected chi connectivity index (χ0v) is 8.27. The molecule has 0 atom stereocenters. The molecule has 4 heteroatoms. The Bertz CT molecular complexity index is 385. The summed E-state index contributed by atoms with van der Waals surface area (Å²) < 4.78 is 5.44. The van der Waals surface area contributed by atoms with Crippen LogP contribution in [0.5, 0.6) is 11.5 Å². The second-order valence-corrected chi connectivity index (χ2v) is 3.80. The van der Waals surface area contributed by atoms with Gasteiger partial charge in [-0.05, 0) is 30.9 Å². The largest absolute Gasteiger partial charge is 0.508 e. The van der Waals surface area contributed by atoms with E-state index in [1.165, 1.54) is 31.0 Å². The number of phenols is 1. The van der Waals surface area contributed by atoms with E-state index < -0.39 is 5.91 Å². The molecule has 1 saturated carbocycles. The highest BCUT2D eigenvalue weighted by atomic mass is 16.5. The number of nitrogens with two attached hydrogens (primary N) is 1. The van der Waals surface area contributed by atoms with Crippen molar-refractivity contribution >= 4 is 5.91 Å². The number of aromatic hydroxyl groups is 1. The van der Waals surface area contributed by atoms with Crippen molar-refractivity contribution in [1.82, 2.24) is 0 Å². The summed E-state index contributed by atoms with van der Waals surface area (Å²) in [6.45, 7) is 0.587. The molecule has 2 rings (SSSR count). The molecule has 1 aliphatic carbocycles. The van der Waals surface area contributed by atoms with Crippen LogP contribution >= 0.6 is 0 Å². The van der Waals surface area contributed by atoms with Crippen molar-refractivity contribution in [1.29, 1.82) is 0 Å². The standard InChI is InChI=1S/C11H13NO3/c12-11(14)9-4-3-8(13)5-10(9)15-6-7-1-2-7/h3-5,7,13H,1-2,6H2,(H2,12,14). The predicted octanol–water partition coefficient (Wildman–Crippen LogP) is 1.28. The van der Waals surface area contributed by atoms with E-state index in [1.54, 1.807) is 0 Å². The van der Waals surface area contributed by atoms with Gasteiger partial charge in [-0.3, -0.25) is 4.79 Å². The molecule has 15 heavy (non-hydrogen) atoms. The van der Waals surface area contributed by atoms with Crippen LogP contribution in [0.1, 0.15) is 23.2 Å². The highest BCUT2D eigenvalue weighted by Crippen LogP contribution is 2.31. The first kappa shape index (κ1) is 9.83. The van der Waals surface area contributed by atoms with Crippen molar-refractivity contribution in [3.63, 3.8) is 0 Å². The van der Waals surface area contributed by atoms with Crippen molar-refractivity contribution in [2.75, 3.05) is 6.61 Å². The third-order valence-corrected chi connectivity index (χ3v) is 2.40. The summed E-state index contributed by atoms with van der Waals surface area (Å²) in [4.78, 5) is 11.1. The smallest absolute Gasteiger partial charge is 0.252 e. The van der Waals surface area contributed by atoms with Gasteiger partial charge in [0.15, 0.2) is 0 Å². The van der Waals surface area contributed by atoms with E-state index >= 15 is 0 Å². The molecular weight excluding hydrogens is 194 g/mol. The van der Waals surface area contributed by atoms with Gasteiger partial charge in [0, 0.05) is 6.07 Å². The van der Waals surface area contributed by atoms with Gasteiger partial charge in [0.1, 0.15) is 11.5 Å². The van der Waals surface area contributed by atoms with Gasteiger partial charge in [-0.1, -0.05) is 0 Å². The van der Waals surface area contributed by atoms with Crippen LogP contribution in [0.15, 0.2) is 18.2 Å². The highest BCUT2D eigenvalue weighted by molar-refractivity contribution is 5.95. The Balaban J connectivity index is 2.16. The fourth-order valence-corrected chi connectivity index (χ4v) is 1.33. The summed E-state index contributed by atoms with van der Waals surface area (Å²) in [5, 5.41) is 9.27. The first-order chi connectivity index (χ1) is 7.16. The molecule has 0 radical (unpaired) electrons. The maximum Gasteiger partial charge on any atom is 0.252 e. The van der Waals surface area contributed by atoms with E-state index in [1.807, 2.05) is 0 Å². The third kappa shape index (κ3) is 2.40. The maximum absolute atomic E-state index is 11.1. The van der Waals surface area contributed by atoms with Gasteiger partial charge in [-0.15, -0.1) is 0 Å². The molecule has 1 aromatic carbocycles. The van der Waals surface area contributed by atoms with Crippen LogP contribution < -0.4 is 10.5 Å². The Hall–Kier alpha value is -1.71. The zero-order chi connectivity index (χ0) is 10.8.